The molecule has 0 aliphatic carbocycles. The molecule has 0 unspecified atom stereocenters. The van der Waals surface area contributed by atoms with Gasteiger partial charge in [0.15, 0.2) is 0 Å². The summed E-state index contributed by atoms with van der Waals surface area (Å²) in [5.41, 5.74) is 1.78. The molecule has 0 aromatic carbocycles. The number of nitrogens with zero attached hydrogens (tertiary/aromatic N) is 1. The summed E-state index contributed by atoms with van der Waals surface area (Å²) in [6, 6.07) is 3.25. The highest BCUT2D eigenvalue weighted by molar-refractivity contribution is 7.13. The Morgan fingerprint density at radius 2 is 2.14 bits per heavy atom. The number of carboxylic acids is 1. The number of nitrogens with one attached hydrogen (secondary N) is 1. The fourth-order valence-corrected chi connectivity index (χ4v) is 2.75. The standard InChI is InChI=1S/C14H16N2O4S/c1-8-11(9(2)20-16-8)4-6-13(17)15-7-10-3-5-12(21-10)14(18)19/h3,5H,4,6-7H2,1-2H3,(H,15,17)(H,18,19). The van der Waals surface area contributed by atoms with Crippen LogP contribution in [-0.4, -0.2) is 22.1 Å². The van der Waals surface area contributed by atoms with E-state index in [1.165, 1.54) is 0 Å². The molecule has 2 heterocycles. The van der Waals surface area contributed by atoms with E-state index >= 15 is 0 Å². The van der Waals surface area contributed by atoms with Gasteiger partial charge in [0, 0.05) is 16.9 Å². The van der Waals surface area contributed by atoms with Crippen LogP contribution in [0.2, 0.25) is 0 Å². The fraction of sp³-hybridized carbons (Fsp3) is 0.357. The van der Waals surface area contributed by atoms with E-state index in [1.807, 2.05) is 13.8 Å². The number of carbonyl (C=O) groups excluding carboxylic acids is 1. The fourth-order valence-electron chi connectivity index (χ4n) is 1.96. The molecule has 2 rings (SSSR count). The van der Waals surface area contributed by atoms with E-state index in [9.17, 15) is 9.59 Å². The number of rotatable bonds is 6. The zero-order valence-corrected chi connectivity index (χ0v) is 12.6. The van der Waals surface area contributed by atoms with Gasteiger partial charge in [0.2, 0.25) is 5.91 Å². The highest BCUT2D eigenvalue weighted by Gasteiger charge is 2.12. The molecule has 2 aromatic rings. The molecule has 0 aliphatic rings. The van der Waals surface area contributed by atoms with E-state index in [1.54, 1.807) is 12.1 Å². The summed E-state index contributed by atoms with van der Waals surface area (Å²) in [6.45, 7) is 4.02. The van der Waals surface area contributed by atoms with Crippen LogP contribution in [0.3, 0.4) is 0 Å². The van der Waals surface area contributed by atoms with Crippen molar-refractivity contribution in [3.63, 3.8) is 0 Å². The van der Waals surface area contributed by atoms with Gasteiger partial charge in [-0.2, -0.15) is 0 Å². The summed E-state index contributed by atoms with van der Waals surface area (Å²) in [5.74, 6) is -0.291. The molecule has 0 atom stereocenters. The zero-order valence-electron chi connectivity index (χ0n) is 11.8. The van der Waals surface area contributed by atoms with Gasteiger partial charge in [-0.25, -0.2) is 4.79 Å². The van der Waals surface area contributed by atoms with Crippen LogP contribution in [0.5, 0.6) is 0 Å². The van der Waals surface area contributed by atoms with Gasteiger partial charge >= 0.3 is 5.97 Å². The Labute approximate surface area is 125 Å². The number of aromatic nitrogens is 1. The number of hydrogen-bond donors (Lipinski definition) is 2. The van der Waals surface area contributed by atoms with E-state index in [-0.39, 0.29) is 10.8 Å². The second-order valence-corrected chi connectivity index (χ2v) is 5.82. The largest absolute Gasteiger partial charge is 0.477 e. The first-order valence-electron chi connectivity index (χ1n) is 6.48. The second kappa shape index (κ2) is 6.53. The first-order chi connectivity index (χ1) is 9.97. The lowest BCUT2D eigenvalue weighted by Gasteiger charge is -2.03. The van der Waals surface area contributed by atoms with Crippen molar-refractivity contribution in [1.29, 1.82) is 0 Å². The van der Waals surface area contributed by atoms with Gasteiger partial charge in [-0.05, 0) is 32.4 Å². The van der Waals surface area contributed by atoms with E-state index in [4.69, 9.17) is 9.63 Å². The maximum atomic E-state index is 11.8. The summed E-state index contributed by atoms with van der Waals surface area (Å²) in [7, 11) is 0. The average Bonchev–Trinajstić information content (AvgIpc) is 3.03. The first-order valence-corrected chi connectivity index (χ1v) is 7.29. The molecule has 2 N–H and O–H groups in total. The minimum atomic E-state index is -0.948. The molecule has 0 bridgehead atoms. The van der Waals surface area contributed by atoms with Crippen LogP contribution in [0.1, 0.15) is 38.0 Å². The molecule has 7 heteroatoms. The van der Waals surface area contributed by atoms with Gasteiger partial charge < -0.3 is 14.9 Å². The van der Waals surface area contributed by atoms with Crippen LogP contribution in [-0.2, 0) is 17.8 Å². The smallest absolute Gasteiger partial charge is 0.345 e. The SMILES string of the molecule is Cc1noc(C)c1CCC(=O)NCc1ccc(C(=O)O)s1. The third-order valence-corrected chi connectivity index (χ3v) is 4.19. The monoisotopic (exact) mass is 308 g/mol. The number of amides is 1. The molecule has 0 aliphatic heterocycles. The molecular weight excluding hydrogens is 292 g/mol. The van der Waals surface area contributed by atoms with Crippen molar-refractivity contribution in [2.45, 2.75) is 33.2 Å². The van der Waals surface area contributed by atoms with Crippen LogP contribution < -0.4 is 5.32 Å². The quantitative estimate of drug-likeness (QED) is 0.854. The van der Waals surface area contributed by atoms with E-state index in [2.05, 4.69) is 10.5 Å². The zero-order chi connectivity index (χ0) is 15.4. The highest BCUT2D eigenvalue weighted by Crippen LogP contribution is 2.17. The van der Waals surface area contributed by atoms with Gasteiger partial charge in [0.25, 0.3) is 0 Å². The third kappa shape index (κ3) is 3.91. The first kappa shape index (κ1) is 15.2. The molecular formula is C14H16N2O4S. The molecule has 2 aromatic heterocycles. The van der Waals surface area contributed by atoms with Crippen LogP contribution in [0, 0.1) is 13.8 Å². The molecule has 0 radical (unpaired) electrons. The summed E-state index contributed by atoms with van der Waals surface area (Å²) in [5, 5.41) is 15.5. The van der Waals surface area contributed by atoms with Gasteiger partial charge in [-0.15, -0.1) is 11.3 Å². The van der Waals surface area contributed by atoms with Crippen molar-refractivity contribution in [3.8, 4) is 0 Å². The number of carboxylic acid groups (broad SMARTS) is 1. The Balaban J connectivity index is 1.81. The molecule has 112 valence electrons. The minimum Gasteiger partial charge on any atom is -0.477 e. The Hall–Kier alpha value is -2.15. The highest BCUT2D eigenvalue weighted by atomic mass is 32.1. The summed E-state index contributed by atoms with van der Waals surface area (Å²) in [6.07, 6.45) is 0.928. The van der Waals surface area contributed by atoms with E-state index in [0.29, 0.717) is 19.4 Å². The summed E-state index contributed by atoms with van der Waals surface area (Å²) >= 11 is 1.16. The predicted octanol–water partition coefficient (Wildman–Crippen LogP) is 2.30. The number of aromatic carboxylic acids is 1. The van der Waals surface area contributed by atoms with Crippen molar-refractivity contribution in [2.75, 3.05) is 0 Å². The van der Waals surface area contributed by atoms with Gasteiger partial charge in [-0.1, -0.05) is 5.16 Å². The molecule has 0 saturated carbocycles. The maximum Gasteiger partial charge on any atom is 0.345 e. The number of carbonyl (C=O) groups is 2. The Bertz CT molecular complexity index is 640. The Kier molecular flexibility index (Phi) is 4.74. The van der Waals surface area contributed by atoms with Gasteiger partial charge in [-0.3, -0.25) is 4.79 Å². The van der Waals surface area contributed by atoms with Crippen LogP contribution in [0.25, 0.3) is 0 Å². The third-order valence-electron chi connectivity index (χ3n) is 3.12. The van der Waals surface area contributed by atoms with Crippen molar-refractivity contribution >= 4 is 23.2 Å². The van der Waals surface area contributed by atoms with E-state index in [0.717, 1.165) is 33.2 Å². The summed E-state index contributed by atoms with van der Waals surface area (Å²) in [4.78, 5) is 23.7. The van der Waals surface area contributed by atoms with Crippen LogP contribution >= 0.6 is 11.3 Å². The van der Waals surface area contributed by atoms with E-state index < -0.39 is 5.97 Å². The topological polar surface area (TPSA) is 92.4 Å². The van der Waals surface area contributed by atoms with Gasteiger partial charge in [0.1, 0.15) is 10.6 Å². The summed E-state index contributed by atoms with van der Waals surface area (Å²) < 4.78 is 5.05. The molecule has 1 amide bonds. The lowest BCUT2D eigenvalue weighted by molar-refractivity contribution is -0.121. The Morgan fingerprint density at radius 1 is 1.38 bits per heavy atom. The number of thiophene rings is 1. The van der Waals surface area contributed by atoms with Crippen molar-refractivity contribution in [3.05, 3.63) is 38.9 Å². The average molecular weight is 308 g/mol. The minimum absolute atomic E-state index is 0.0831. The normalized spacial score (nSPS) is 10.6. The lowest BCUT2D eigenvalue weighted by atomic mass is 10.1. The predicted molar refractivity (Wildman–Crippen MR) is 77.4 cm³/mol. The van der Waals surface area contributed by atoms with Gasteiger partial charge in [0.05, 0.1) is 12.2 Å². The van der Waals surface area contributed by atoms with Crippen molar-refractivity contribution in [1.82, 2.24) is 10.5 Å². The Morgan fingerprint density at radius 3 is 2.71 bits per heavy atom. The number of aryl methyl sites for hydroxylation is 2. The van der Waals surface area contributed by atoms with Crippen LogP contribution in [0.15, 0.2) is 16.7 Å². The second-order valence-electron chi connectivity index (χ2n) is 4.65. The molecule has 0 fully saturated rings. The molecule has 21 heavy (non-hydrogen) atoms. The van der Waals surface area contributed by atoms with Crippen LogP contribution in [0.4, 0.5) is 0 Å². The van der Waals surface area contributed by atoms with Crippen molar-refractivity contribution in [2.24, 2.45) is 0 Å². The molecule has 0 saturated heterocycles. The maximum absolute atomic E-state index is 11.8. The lowest BCUT2D eigenvalue weighted by Crippen LogP contribution is -2.22. The van der Waals surface area contributed by atoms with Crippen molar-refractivity contribution < 1.29 is 19.2 Å². The number of hydrogen-bond acceptors (Lipinski definition) is 5. The molecule has 6 nitrogen and oxygen atoms in total. The molecule has 0 spiro atoms.